The zero-order valence-corrected chi connectivity index (χ0v) is 9.13. The van der Waals surface area contributed by atoms with Crippen molar-refractivity contribution in [2.75, 3.05) is 20.1 Å². The molecule has 14 heavy (non-hydrogen) atoms. The van der Waals surface area contributed by atoms with Gasteiger partial charge in [0.05, 0.1) is 5.60 Å². The van der Waals surface area contributed by atoms with Gasteiger partial charge in [-0.1, -0.05) is 12.5 Å². The Bertz CT molecular complexity index is 236. The molecule has 0 radical (unpaired) electrons. The molecule has 1 fully saturated rings. The van der Waals surface area contributed by atoms with Crippen LogP contribution in [0.3, 0.4) is 0 Å². The van der Waals surface area contributed by atoms with Crippen LogP contribution in [-0.4, -0.2) is 35.7 Å². The predicted molar refractivity (Wildman–Crippen MR) is 58.2 cm³/mol. The summed E-state index contributed by atoms with van der Waals surface area (Å²) in [7, 11) is 2.09. The third-order valence-corrected chi connectivity index (χ3v) is 3.58. The van der Waals surface area contributed by atoms with Gasteiger partial charge in [-0.2, -0.15) is 0 Å². The molecule has 0 bridgehead atoms. The highest BCUT2D eigenvalue weighted by atomic mass is 16.3. The summed E-state index contributed by atoms with van der Waals surface area (Å²) in [5.74, 6) is 0. The van der Waals surface area contributed by atoms with Gasteiger partial charge >= 0.3 is 0 Å². The number of nitrogens with zero attached hydrogens (tertiary/aromatic N) is 1. The molecule has 1 aliphatic carbocycles. The normalized spacial score (nSPS) is 35.4. The maximum Gasteiger partial charge on any atom is 0.0995 e. The van der Waals surface area contributed by atoms with E-state index >= 15 is 0 Å². The highest BCUT2D eigenvalue weighted by Crippen LogP contribution is 2.33. The zero-order chi connectivity index (χ0) is 10.0. The number of rotatable bonds is 1. The average Bonchev–Trinajstić information content (AvgIpc) is 2.45. The Morgan fingerprint density at radius 3 is 2.93 bits per heavy atom. The third kappa shape index (κ3) is 2.01. The first-order valence-corrected chi connectivity index (χ1v) is 5.81. The number of allylic oxidation sites excluding steroid dienone is 1. The Hall–Kier alpha value is -0.340. The van der Waals surface area contributed by atoms with E-state index in [0.717, 1.165) is 25.9 Å². The van der Waals surface area contributed by atoms with E-state index in [-0.39, 0.29) is 0 Å². The lowest BCUT2D eigenvalue weighted by molar-refractivity contribution is 0.0855. The molecule has 0 aromatic heterocycles. The first-order valence-electron chi connectivity index (χ1n) is 5.81. The molecule has 2 nitrogen and oxygen atoms in total. The van der Waals surface area contributed by atoms with E-state index in [9.17, 15) is 5.11 Å². The molecule has 1 saturated heterocycles. The Balaban J connectivity index is 2.08. The molecule has 1 heterocycles. The van der Waals surface area contributed by atoms with Gasteiger partial charge in [-0.3, -0.25) is 0 Å². The monoisotopic (exact) mass is 195 g/mol. The number of hydrogen-bond acceptors (Lipinski definition) is 2. The number of aliphatic hydroxyl groups is 1. The second kappa shape index (κ2) is 4.03. The second-order valence-corrected chi connectivity index (χ2v) is 4.85. The molecule has 2 aliphatic rings. The van der Waals surface area contributed by atoms with E-state index in [4.69, 9.17) is 0 Å². The summed E-state index contributed by atoms with van der Waals surface area (Å²) in [5, 5.41) is 10.5. The summed E-state index contributed by atoms with van der Waals surface area (Å²) in [5.41, 5.74) is 0.832. The molecule has 1 atom stereocenters. The second-order valence-electron chi connectivity index (χ2n) is 4.85. The third-order valence-electron chi connectivity index (χ3n) is 3.58. The van der Waals surface area contributed by atoms with Gasteiger partial charge in [-0.25, -0.2) is 0 Å². The minimum atomic E-state index is -0.487. The molecule has 2 rings (SSSR count). The van der Waals surface area contributed by atoms with Crippen molar-refractivity contribution in [2.45, 2.75) is 44.1 Å². The maximum atomic E-state index is 10.5. The van der Waals surface area contributed by atoms with Crippen LogP contribution in [0.5, 0.6) is 0 Å². The van der Waals surface area contributed by atoms with E-state index in [0.29, 0.717) is 0 Å². The van der Waals surface area contributed by atoms with Gasteiger partial charge in [0.25, 0.3) is 0 Å². The number of hydrogen-bond donors (Lipinski definition) is 1. The van der Waals surface area contributed by atoms with Crippen molar-refractivity contribution >= 4 is 0 Å². The number of likely N-dealkylation sites (tertiary alicyclic amines) is 1. The smallest absolute Gasteiger partial charge is 0.0995 e. The van der Waals surface area contributed by atoms with Crippen LogP contribution >= 0.6 is 0 Å². The maximum absolute atomic E-state index is 10.5. The lowest BCUT2D eigenvalue weighted by Gasteiger charge is -2.25. The largest absolute Gasteiger partial charge is 0.384 e. The zero-order valence-electron chi connectivity index (χ0n) is 9.13. The van der Waals surface area contributed by atoms with E-state index in [1.807, 2.05) is 0 Å². The van der Waals surface area contributed by atoms with Crippen molar-refractivity contribution in [3.8, 4) is 0 Å². The summed E-state index contributed by atoms with van der Waals surface area (Å²) >= 11 is 0. The Morgan fingerprint density at radius 2 is 2.21 bits per heavy atom. The van der Waals surface area contributed by atoms with Crippen LogP contribution in [0.4, 0.5) is 0 Å². The minimum Gasteiger partial charge on any atom is -0.384 e. The van der Waals surface area contributed by atoms with Crippen molar-refractivity contribution in [3.63, 3.8) is 0 Å². The van der Waals surface area contributed by atoms with Crippen LogP contribution in [-0.2, 0) is 0 Å². The van der Waals surface area contributed by atoms with Crippen molar-refractivity contribution < 1.29 is 5.11 Å². The number of likely N-dealkylation sites (N-methyl/N-ethyl adjacent to an activating group) is 1. The molecular weight excluding hydrogens is 174 g/mol. The topological polar surface area (TPSA) is 23.5 Å². The van der Waals surface area contributed by atoms with Crippen LogP contribution in [0.2, 0.25) is 0 Å². The van der Waals surface area contributed by atoms with Gasteiger partial charge in [-0.05, 0) is 44.7 Å². The van der Waals surface area contributed by atoms with Crippen LogP contribution in [0.1, 0.15) is 38.5 Å². The Kier molecular flexibility index (Phi) is 2.93. The summed E-state index contributed by atoms with van der Waals surface area (Å²) in [6, 6.07) is 0. The van der Waals surface area contributed by atoms with Gasteiger partial charge in [0.15, 0.2) is 0 Å². The quantitative estimate of drug-likeness (QED) is 0.646. The van der Waals surface area contributed by atoms with E-state index in [1.165, 1.54) is 31.3 Å². The molecule has 2 heteroatoms. The predicted octanol–water partition coefficient (Wildman–Crippen LogP) is 1.94. The van der Waals surface area contributed by atoms with Crippen LogP contribution < -0.4 is 0 Å². The molecule has 0 aromatic carbocycles. The SMILES string of the molecule is CN1CCC(O)(C2=CCCCCC2)C1. The fourth-order valence-corrected chi connectivity index (χ4v) is 2.68. The average molecular weight is 195 g/mol. The fourth-order valence-electron chi connectivity index (χ4n) is 2.68. The van der Waals surface area contributed by atoms with E-state index in [1.54, 1.807) is 0 Å². The Morgan fingerprint density at radius 1 is 1.36 bits per heavy atom. The van der Waals surface area contributed by atoms with Crippen molar-refractivity contribution in [3.05, 3.63) is 11.6 Å². The summed E-state index contributed by atoms with van der Waals surface area (Å²) in [6.07, 6.45) is 9.40. The highest BCUT2D eigenvalue weighted by Gasteiger charge is 2.37. The molecule has 80 valence electrons. The molecule has 1 aliphatic heterocycles. The molecule has 1 unspecified atom stereocenters. The lowest BCUT2D eigenvalue weighted by Crippen LogP contribution is -2.34. The molecule has 0 aromatic rings. The molecule has 0 spiro atoms. The first-order chi connectivity index (χ1) is 6.71. The fraction of sp³-hybridized carbons (Fsp3) is 0.833. The van der Waals surface area contributed by atoms with Crippen LogP contribution in [0, 0.1) is 0 Å². The van der Waals surface area contributed by atoms with E-state index in [2.05, 4.69) is 18.0 Å². The van der Waals surface area contributed by atoms with Gasteiger partial charge in [0, 0.05) is 13.1 Å². The molecule has 0 saturated carbocycles. The van der Waals surface area contributed by atoms with Crippen LogP contribution in [0.15, 0.2) is 11.6 Å². The number of β-amino-alcohol motifs (C(OH)–C–C–N with tert-alkyl or cyclic N) is 1. The minimum absolute atomic E-state index is 0.487. The lowest BCUT2D eigenvalue weighted by atomic mass is 9.89. The van der Waals surface area contributed by atoms with Gasteiger partial charge in [0.1, 0.15) is 0 Å². The summed E-state index contributed by atoms with van der Waals surface area (Å²) in [6.45, 7) is 1.87. The molecule has 1 N–H and O–H groups in total. The summed E-state index contributed by atoms with van der Waals surface area (Å²) < 4.78 is 0. The van der Waals surface area contributed by atoms with Crippen molar-refractivity contribution in [1.82, 2.24) is 4.90 Å². The standard InChI is InChI=1S/C12H21NO/c1-13-9-8-12(14,10-13)11-6-4-2-3-5-7-11/h6,14H,2-5,7-10H2,1H3. The van der Waals surface area contributed by atoms with Gasteiger partial charge in [-0.15, -0.1) is 0 Å². The van der Waals surface area contributed by atoms with Crippen LogP contribution in [0.25, 0.3) is 0 Å². The van der Waals surface area contributed by atoms with Gasteiger partial charge in [0.2, 0.25) is 0 Å². The Labute approximate surface area is 86.6 Å². The van der Waals surface area contributed by atoms with E-state index < -0.39 is 5.60 Å². The first kappa shape index (κ1) is 10.2. The van der Waals surface area contributed by atoms with Crippen molar-refractivity contribution in [2.24, 2.45) is 0 Å². The highest BCUT2D eigenvalue weighted by molar-refractivity contribution is 5.20. The van der Waals surface area contributed by atoms with Crippen molar-refractivity contribution in [1.29, 1.82) is 0 Å². The molecule has 0 amide bonds. The summed E-state index contributed by atoms with van der Waals surface area (Å²) in [4.78, 5) is 2.23. The van der Waals surface area contributed by atoms with Gasteiger partial charge < -0.3 is 10.0 Å². The molecular formula is C12H21NO.